The Kier molecular flexibility index (Phi) is 6.14. The number of anilines is 1. The van der Waals surface area contributed by atoms with E-state index in [2.05, 4.69) is 15.5 Å². The first kappa shape index (κ1) is 23.1. The van der Waals surface area contributed by atoms with E-state index in [0.29, 0.717) is 16.5 Å². The van der Waals surface area contributed by atoms with Crippen molar-refractivity contribution in [3.05, 3.63) is 89.5 Å². The first-order chi connectivity index (χ1) is 16.1. The van der Waals surface area contributed by atoms with Crippen LogP contribution < -0.4 is 5.32 Å². The van der Waals surface area contributed by atoms with Gasteiger partial charge in [-0.1, -0.05) is 54.1 Å². The number of amides is 1. The maximum atomic E-state index is 13.1. The molecule has 9 heteroatoms. The van der Waals surface area contributed by atoms with Crippen LogP contribution in [0.4, 0.5) is 17.1 Å². The van der Waals surface area contributed by atoms with Crippen LogP contribution in [-0.2, 0) is 10.1 Å². The zero-order valence-corrected chi connectivity index (χ0v) is 19.2. The number of nitrogens with one attached hydrogen (secondary N) is 1. The number of hydrogen-bond donors (Lipinski definition) is 3. The van der Waals surface area contributed by atoms with Crippen LogP contribution in [0.2, 0.25) is 0 Å². The van der Waals surface area contributed by atoms with Crippen molar-refractivity contribution in [2.24, 2.45) is 10.2 Å². The average molecular weight is 476 g/mol. The monoisotopic (exact) mass is 475 g/mol. The van der Waals surface area contributed by atoms with E-state index < -0.39 is 26.7 Å². The summed E-state index contributed by atoms with van der Waals surface area (Å²) in [6.07, 6.45) is 0. The normalized spacial score (nSPS) is 11.7. The van der Waals surface area contributed by atoms with Crippen LogP contribution in [0.5, 0.6) is 5.75 Å². The molecule has 4 aromatic carbocycles. The van der Waals surface area contributed by atoms with Gasteiger partial charge in [-0.3, -0.25) is 9.35 Å². The number of phenolic OH excluding ortho intramolecular Hbond substituents is 1. The zero-order chi connectivity index (χ0) is 24.5. The highest BCUT2D eigenvalue weighted by Gasteiger charge is 2.20. The number of phenols is 1. The average Bonchev–Trinajstić information content (AvgIpc) is 2.79. The Morgan fingerprint density at radius 1 is 0.912 bits per heavy atom. The molecule has 0 saturated carbocycles. The number of carbonyl (C=O) groups is 1. The van der Waals surface area contributed by atoms with Gasteiger partial charge in [-0.15, -0.1) is 10.2 Å². The lowest BCUT2D eigenvalue weighted by Crippen LogP contribution is -2.13. The standard InChI is InChI=1S/C25H21N3O5S/c1-15-11-12-20(16(2)13-15)26-25(30)19-14-17-7-3-4-8-18(17)23(24(19)29)28-27-21-9-5-6-10-22(21)34(31,32)33/h3-14,29H,1-2H3,(H,26,30)(H,31,32,33). The van der Waals surface area contributed by atoms with E-state index in [0.717, 1.165) is 11.1 Å². The number of aryl methyl sites for hydroxylation is 2. The second kappa shape index (κ2) is 9.05. The zero-order valence-electron chi connectivity index (χ0n) is 18.4. The van der Waals surface area contributed by atoms with E-state index in [-0.39, 0.29) is 16.9 Å². The molecule has 8 nitrogen and oxygen atoms in total. The molecule has 0 heterocycles. The Hall–Kier alpha value is -4.08. The fraction of sp³-hybridized carbons (Fsp3) is 0.0800. The molecule has 0 fully saturated rings. The summed E-state index contributed by atoms with van der Waals surface area (Å²) in [5, 5.41) is 23.0. The molecule has 4 rings (SSSR count). The highest BCUT2D eigenvalue weighted by atomic mass is 32.2. The van der Waals surface area contributed by atoms with Crippen LogP contribution in [0.3, 0.4) is 0 Å². The van der Waals surface area contributed by atoms with Gasteiger partial charge in [0.25, 0.3) is 16.0 Å². The molecule has 0 aromatic heterocycles. The van der Waals surface area contributed by atoms with Crippen molar-refractivity contribution in [2.45, 2.75) is 18.7 Å². The fourth-order valence-electron chi connectivity index (χ4n) is 3.60. The first-order valence-corrected chi connectivity index (χ1v) is 11.7. The third-order valence-electron chi connectivity index (χ3n) is 5.27. The van der Waals surface area contributed by atoms with Crippen molar-refractivity contribution in [3.63, 3.8) is 0 Å². The van der Waals surface area contributed by atoms with Gasteiger partial charge in [0.05, 0.1) is 5.56 Å². The van der Waals surface area contributed by atoms with Crippen LogP contribution >= 0.6 is 0 Å². The summed E-state index contributed by atoms with van der Waals surface area (Å²) in [6.45, 7) is 3.82. The summed E-state index contributed by atoms with van der Waals surface area (Å²) in [7, 11) is -4.53. The molecule has 4 aromatic rings. The summed E-state index contributed by atoms with van der Waals surface area (Å²) < 4.78 is 32.8. The Bertz CT molecular complexity index is 1560. The van der Waals surface area contributed by atoms with Crippen molar-refractivity contribution in [1.82, 2.24) is 0 Å². The van der Waals surface area contributed by atoms with E-state index in [4.69, 9.17) is 0 Å². The number of carbonyl (C=O) groups excluding carboxylic acids is 1. The topological polar surface area (TPSA) is 128 Å². The molecule has 0 spiro atoms. The lowest BCUT2D eigenvalue weighted by atomic mass is 10.0. The second-order valence-corrected chi connectivity index (χ2v) is 9.15. The first-order valence-electron chi connectivity index (χ1n) is 10.3. The Morgan fingerprint density at radius 3 is 2.35 bits per heavy atom. The second-order valence-electron chi connectivity index (χ2n) is 7.76. The van der Waals surface area contributed by atoms with Gasteiger partial charge in [0.2, 0.25) is 0 Å². The number of hydrogen-bond acceptors (Lipinski definition) is 6. The molecule has 34 heavy (non-hydrogen) atoms. The summed E-state index contributed by atoms with van der Waals surface area (Å²) >= 11 is 0. The van der Waals surface area contributed by atoms with E-state index in [9.17, 15) is 22.9 Å². The molecule has 172 valence electrons. The molecule has 0 aliphatic heterocycles. The van der Waals surface area contributed by atoms with Crippen molar-refractivity contribution in [1.29, 1.82) is 0 Å². The van der Waals surface area contributed by atoms with Crippen LogP contribution in [0, 0.1) is 13.8 Å². The summed E-state index contributed by atoms with van der Waals surface area (Å²) in [5.41, 5.74) is 2.39. The highest BCUT2D eigenvalue weighted by Crippen LogP contribution is 2.40. The lowest BCUT2D eigenvalue weighted by Gasteiger charge is -2.13. The molecule has 0 unspecified atom stereocenters. The van der Waals surface area contributed by atoms with Crippen molar-refractivity contribution in [3.8, 4) is 5.75 Å². The molecule has 0 saturated heterocycles. The number of rotatable bonds is 5. The van der Waals surface area contributed by atoms with Gasteiger partial charge in [-0.25, -0.2) is 0 Å². The Morgan fingerprint density at radius 2 is 1.62 bits per heavy atom. The van der Waals surface area contributed by atoms with E-state index in [1.165, 1.54) is 24.3 Å². The van der Waals surface area contributed by atoms with E-state index in [1.807, 2.05) is 26.0 Å². The molecule has 1 amide bonds. The SMILES string of the molecule is Cc1ccc(NC(=O)c2cc3ccccc3c(N=Nc3ccccc3S(=O)(=O)O)c2O)c(C)c1. The van der Waals surface area contributed by atoms with Gasteiger partial charge < -0.3 is 10.4 Å². The third kappa shape index (κ3) is 4.66. The predicted molar refractivity (Wildman–Crippen MR) is 130 cm³/mol. The Balaban J connectivity index is 1.81. The van der Waals surface area contributed by atoms with Gasteiger partial charge in [-0.2, -0.15) is 8.42 Å². The van der Waals surface area contributed by atoms with E-state index in [1.54, 1.807) is 36.4 Å². The Labute approximate surface area is 196 Å². The fourth-order valence-corrected chi connectivity index (χ4v) is 4.22. The number of azo groups is 1. The number of benzene rings is 4. The van der Waals surface area contributed by atoms with Crippen molar-refractivity contribution >= 4 is 43.9 Å². The summed E-state index contributed by atoms with van der Waals surface area (Å²) in [6, 6.07) is 19.6. The third-order valence-corrected chi connectivity index (χ3v) is 6.17. The summed E-state index contributed by atoms with van der Waals surface area (Å²) in [4.78, 5) is 12.6. The summed E-state index contributed by atoms with van der Waals surface area (Å²) in [5.74, 6) is -0.945. The van der Waals surface area contributed by atoms with Crippen LogP contribution in [0.15, 0.2) is 87.9 Å². The minimum absolute atomic E-state index is 0.00554. The van der Waals surface area contributed by atoms with Gasteiger partial charge in [0.1, 0.15) is 16.3 Å². The largest absolute Gasteiger partial charge is 0.505 e. The van der Waals surface area contributed by atoms with Crippen LogP contribution in [-0.4, -0.2) is 24.0 Å². The highest BCUT2D eigenvalue weighted by molar-refractivity contribution is 7.86. The number of aromatic hydroxyl groups is 1. The predicted octanol–water partition coefficient (Wildman–Crippen LogP) is 6.08. The van der Waals surface area contributed by atoms with Crippen molar-refractivity contribution < 1.29 is 22.9 Å². The quantitative estimate of drug-likeness (QED) is 0.238. The van der Waals surface area contributed by atoms with E-state index >= 15 is 0 Å². The number of fused-ring (bicyclic) bond motifs is 1. The molecule has 0 bridgehead atoms. The van der Waals surface area contributed by atoms with Gasteiger partial charge >= 0.3 is 0 Å². The minimum atomic E-state index is -4.53. The van der Waals surface area contributed by atoms with Gasteiger partial charge in [-0.05, 0) is 49.1 Å². The molecule has 3 N–H and O–H groups in total. The minimum Gasteiger partial charge on any atom is -0.505 e. The molecule has 0 aliphatic rings. The van der Waals surface area contributed by atoms with Crippen molar-refractivity contribution in [2.75, 3.05) is 5.32 Å². The molecule has 0 atom stereocenters. The maximum Gasteiger partial charge on any atom is 0.296 e. The van der Waals surface area contributed by atoms with Gasteiger partial charge in [0, 0.05) is 11.1 Å². The van der Waals surface area contributed by atoms with Crippen LogP contribution in [0.25, 0.3) is 10.8 Å². The van der Waals surface area contributed by atoms with Crippen LogP contribution in [0.1, 0.15) is 21.5 Å². The molecular formula is C25H21N3O5S. The smallest absolute Gasteiger partial charge is 0.296 e. The number of nitrogens with zero attached hydrogens (tertiary/aromatic N) is 2. The lowest BCUT2D eigenvalue weighted by molar-refractivity contribution is 0.102. The molecular weight excluding hydrogens is 454 g/mol. The van der Waals surface area contributed by atoms with Gasteiger partial charge in [0.15, 0.2) is 5.75 Å². The maximum absolute atomic E-state index is 13.1. The molecule has 0 aliphatic carbocycles. The molecule has 0 radical (unpaired) electrons.